The topological polar surface area (TPSA) is 53.1 Å². The number of fused-ring (bicyclic) bond motifs is 1. The van der Waals surface area contributed by atoms with Crippen molar-refractivity contribution in [1.29, 1.82) is 0 Å². The first-order valence-electron chi connectivity index (χ1n) is 12.8. The zero-order chi connectivity index (χ0) is 25.6. The maximum Gasteiger partial charge on any atom is 0.248 e. The highest BCUT2D eigenvalue weighted by atomic mass is 32.1. The summed E-state index contributed by atoms with van der Waals surface area (Å²) < 4.78 is 19.7. The van der Waals surface area contributed by atoms with Gasteiger partial charge < -0.3 is 14.5 Å². The fourth-order valence-electron chi connectivity index (χ4n) is 5.22. The van der Waals surface area contributed by atoms with Crippen LogP contribution < -0.4 is 0 Å². The lowest BCUT2D eigenvalue weighted by atomic mass is 9.93. The molecule has 3 heterocycles. The van der Waals surface area contributed by atoms with E-state index < -0.39 is 0 Å². The summed E-state index contributed by atoms with van der Waals surface area (Å²) in [7, 11) is 0. The Morgan fingerprint density at radius 1 is 0.919 bits per heavy atom. The summed E-state index contributed by atoms with van der Waals surface area (Å²) >= 11 is 1.72. The van der Waals surface area contributed by atoms with E-state index in [9.17, 15) is 14.0 Å². The number of ether oxygens (including phenoxy) is 1. The number of carbonyl (C=O) groups is 2. The SMILES string of the molecule is O=C(COCc1ccccc1)N1CCCN(C(=O)CN2CCc3sccc3C2c2cccc(F)c2)CC1. The van der Waals surface area contributed by atoms with Crippen LogP contribution >= 0.6 is 11.3 Å². The molecule has 2 aliphatic rings. The molecule has 1 fully saturated rings. The number of thiophene rings is 1. The summed E-state index contributed by atoms with van der Waals surface area (Å²) in [5.74, 6) is -0.261. The summed E-state index contributed by atoms with van der Waals surface area (Å²) in [6.45, 7) is 3.70. The van der Waals surface area contributed by atoms with Crippen LogP contribution in [0, 0.1) is 5.82 Å². The van der Waals surface area contributed by atoms with Crippen LogP contribution in [-0.4, -0.2) is 72.4 Å². The third-order valence-corrected chi connectivity index (χ3v) is 8.10. The van der Waals surface area contributed by atoms with Crippen molar-refractivity contribution in [3.63, 3.8) is 0 Å². The van der Waals surface area contributed by atoms with Gasteiger partial charge in [-0.1, -0.05) is 42.5 Å². The molecule has 6 nitrogen and oxygen atoms in total. The van der Waals surface area contributed by atoms with E-state index in [-0.39, 0.29) is 36.8 Å². The molecule has 1 unspecified atom stereocenters. The molecular formula is C29H32FN3O3S. The molecule has 1 saturated heterocycles. The number of halogens is 1. The molecule has 5 rings (SSSR count). The molecule has 0 spiro atoms. The van der Waals surface area contributed by atoms with Crippen LogP contribution in [0.1, 0.15) is 34.0 Å². The Kier molecular flexibility index (Phi) is 8.28. The molecule has 37 heavy (non-hydrogen) atoms. The first-order chi connectivity index (χ1) is 18.1. The van der Waals surface area contributed by atoms with E-state index in [1.54, 1.807) is 28.4 Å². The quantitative estimate of drug-likeness (QED) is 0.470. The molecule has 0 bridgehead atoms. The Morgan fingerprint density at radius 3 is 2.49 bits per heavy atom. The lowest BCUT2D eigenvalue weighted by Gasteiger charge is -2.37. The predicted octanol–water partition coefficient (Wildman–Crippen LogP) is 4.11. The van der Waals surface area contributed by atoms with E-state index in [0.717, 1.165) is 36.1 Å². The third kappa shape index (κ3) is 6.26. The van der Waals surface area contributed by atoms with Gasteiger partial charge in [-0.3, -0.25) is 14.5 Å². The van der Waals surface area contributed by atoms with Crippen molar-refractivity contribution in [1.82, 2.24) is 14.7 Å². The minimum Gasteiger partial charge on any atom is -0.367 e. The number of rotatable bonds is 7. The van der Waals surface area contributed by atoms with Gasteiger partial charge in [0.25, 0.3) is 0 Å². The first kappa shape index (κ1) is 25.6. The van der Waals surface area contributed by atoms with Gasteiger partial charge in [0.1, 0.15) is 12.4 Å². The molecule has 2 amide bonds. The molecule has 194 valence electrons. The maximum atomic E-state index is 14.1. The number of hydrogen-bond donors (Lipinski definition) is 0. The van der Waals surface area contributed by atoms with Gasteiger partial charge in [-0.15, -0.1) is 11.3 Å². The van der Waals surface area contributed by atoms with Crippen LogP contribution in [0.4, 0.5) is 4.39 Å². The zero-order valence-corrected chi connectivity index (χ0v) is 21.7. The molecule has 0 radical (unpaired) electrons. The standard InChI is InChI=1S/C29H32FN3O3S/c30-24-9-4-8-23(18-24)29-25-11-17-37-26(25)10-14-33(29)19-27(34)31-12-5-13-32(16-15-31)28(35)21-36-20-22-6-2-1-3-7-22/h1-4,6-9,11,17-18,29H,5,10,12-16,19-21H2. The molecule has 0 N–H and O–H groups in total. The number of hydrogen-bond acceptors (Lipinski definition) is 5. The van der Waals surface area contributed by atoms with Crippen molar-refractivity contribution in [2.75, 3.05) is 45.9 Å². The Balaban J connectivity index is 1.18. The fraction of sp³-hybridized carbons (Fsp3) is 0.379. The third-order valence-electron chi connectivity index (χ3n) is 7.11. The Morgan fingerprint density at radius 2 is 1.70 bits per heavy atom. The minimum atomic E-state index is -0.267. The predicted molar refractivity (Wildman–Crippen MR) is 142 cm³/mol. The summed E-state index contributed by atoms with van der Waals surface area (Å²) in [5, 5.41) is 2.08. The summed E-state index contributed by atoms with van der Waals surface area (Å²) in [5.41, 5.74) is 3.07. The van der Waals surface area contributed by atoms with Gasteiger partial charge in [-0.25, -0.2) is 4.39 Å². The van der Waals surface area contributed by atoms with E-state index in [1.165, 1.54) is 10.9 Å². The van der Waals surface area contributed by atoms with Gasteiger partial charge in [-0.05, 0) is 53.1 Å². The van der Waals surface area contributed by atoms with Crippen molar-refractivity contribution < 1.29 is 18.7 Å². The van der Waals surface area contributed by atoms with Gasteiger partial charge in [0.05, 0.1) is 19.2 Å². The molecular weight excluding hydrogens is 489 g/mol. The number of nitrogens with zero attached hydrogens (tertiary/aromatic N) is 3. The Bertz CT molecular complexity index is 1220. The summed E-state index contributed by atoms with van der Waals surface area (Å²) in [6, 6.07) is 18.4. The monoisotopic (exact) mass is 521 g/mol. The fourth-order valence-corrected chi connectivity index (χ4v) is 6.12. The van der Waals surface area contributed by atoms with Crippen molar-refractivity contribution in [3.8, 4) is 0 Å². The molecule has 3 aromatic rings. The number of carbonyl (C=O) groups excluding carboxylic acids is 2. The Hall–Kier alpha value is -3.07. The Labute approximate surface area is 221 Å². The van der Waals surface area contributed by atoms with E-state index in [4.69, 9.17) is 4.74 Å². The molecule has 0 saturated carbocycles. The smallest absolute Gasteiger partial charge is 0.248 e. The van der Waals surface area contributed by atoms with Gasteiger partial charge in [0, 0.05) is 37.6 Å². The van der Waals surface area contributed by atoms with Gasteiger partial charge >= 0.3 is 0 Å². The average molecular weight is 522 g/mol. The lowest BCUT2D eigenvalue weighted by Crippen LogP contribution is -2.45. The summed E-state index contributed by atoms with van der Waals surface area (Å²) in [4.78, 5) is 33.2. The first-order valence-corrected chi connectivity index (χ1v) is 13.7. The van der Waals surface area contributed by atoms with Gasteiger partial charge in [0.15, 0.2) is 0 Å². The van der Waals surface area contributed by atoms with E-state index >= 15 is 0 Å². The van der Waals surface area contributed by atoms with Crippen LogP contribution in [0.5, 0.6) is 0 Å². The van der Waals surface area contributed by atoms with E-state index in [0.29, 0.717) is 32.8 Å². The van der Waals surface area contributed by atoms with E-state index in [2.05, 4.69) is 16.3 Å². The van der Waals surface area contributed by atoms with Gasteiger partial charge in [0.2, 0.25) is 11.8 Å². The number of amides is 2. The van der Waals surface area contributed by atoms with E-state index in [1.807, 2.05) is 41.3 Å². The largest absolute Gasteiger partial charge is 0.367 e. The minimum absolute atomic E-state index is 0.0366. The molecule has 1 atom stereocenters. The van der Waals surface area contributed by atoms with Crippen molar-refractivity contribution >= 4 is 23.2 Å². The summed E-state index contributed by atoms with van der Waals surface area (Å²) in [6.07, 6.45) is 1.62. The number of benzene rings is 2. The lowest BCUT2D eigenvalue weighted by molar-refractivity contribution is -0.137. The highest BCUT2D eigenvalue weighted by molar-refractivity contribution is 7.10. The van der Waals surface area contributed by atoms with Crippen LogP contribution in [0.25, 0.3) is 0 Å². The molecule has 8 heteroatoms. The normalized spacial score (nSPS) is 18.4. The average Bonchev–Trinajstić information content (AvgIpc) is 3.24. The van der Waals surface area contributed by atoms with Crippen molar-refractivity contribution in [3.05, 3.63) is 93.4 Å². The van der Waals surface area contributed by atoms with Crippen molar-refractivity contribution in [2.45, 2.75) is 25.5 Å². The van der Waals surface area contributed by atoms with Crippen LogP contribution in [-0.2, 0) is 27.4 Å². The zero-order valence-electron chi connectivity index (χ0n) is 20.9. The molecule has 0 aliphatic carbocycles. The highest BCUT2D eigenvalue weighted by Gasteiger charge is 2.32. The van der Waals surface area contributed by atoms with Gasteiger partial charge in [-0.2, -0.15) is 0 Å². The second-order valence-electron chi connectivity index (χ2n) is 9.57. The van der Waals surface area contributed by atoms with Crippen molar-refractivity contribution in [2.24, 2.45) is 0 Å². The molecule has 2 aromatic carbocycles. The molecule has 2 aliphatic heterocycles. The molecule has 1 aromatic heterocycles. The van der Waals surface area contributed by atoms with Crippen LogP contribution in [0.2, 0.25) is 0 Å². The maximum absolute atomic E-state index is 14.1. The van der Waals surface area contributed by atoms with Crippen LogP contribution in [0.15, 0.2) is 66.0 Å². The second-order valence-corrected chi connectivity index (χ2v) is 10.6. The van der Waals surface area contributed by atoms with Crippen LogP contribution in [0.3, 0.4) is 0 Å². The second kappa shape index (κ2) is 12.0. The highest BCUT2D eigenvalue weighted by Crippen LogP contribution is 2.37.